The summed E-state index contributed by atoms with van der Waals surface area (Å²) in [5.41, 5.74) is 7.41. The second-order valence-electron chi connectivity index (χ2n) is 4.42. The molecule has 0 radical (unpaired) electrons. The van der Waals surface area contributed by atoms with Gasteiger partial charge in [-0.15, -0.1) is 0 Å². The lowest BCUT2D eigenvalue weighted by atomic mass is 10.0. The van der Waals surface area contributed by atoms with Crippen molar-refractivity contribution in [1.82, 2.24) is 0 Å². The van der Waals surface area contributed by atoms with Gasteiger partial charge >= 0.3 is 0 Å². The van der Waals surface area contributed by atoms with Crippen LogP contribution in [0.5, 0.6) is 0 Å². The number of rotatable bonds is 4. The fourth-order valence-electron chi connectivity index (χ4n) is 1.28. The standard InChI is InChI=1S/C12H17ClN2S/c1-4-12(2,3)15-10-6-5-8(13)7-9(10)11(14)16/h5-7,15H,4H2,1-3H3,(H2,14,16). The van der Waals surface area contributed by atoms with Gasteiger partial charge in [0.25, 0.3) is 0 Å². The van der Waals surface area contributed by atoms with Crippen molar-refractivity contribution in [3.05, 3.63) is 28.8 Å². The van der Waals surface area contributed by atoms with E-state index in [1.54, 1.807) is 6.07 Å². The molecule has 0 saturated carbocycles. The highest BCUT2D eigenvalue weighted by molar-refractivity contribution is 7.80. The Morgan fingerprint density at radius 1 is 1.50 bits per heavy atom. The first kappa shape index (κ1) is 13.3. The van der Waals surface area contributed by atoms with E-state index in [4.69, 9.17) is 29.6 Å². The zero-order valence-electron chi connectivity index (χ0n) is 9.80. The summed E-state index contributed by atoms with van der Waals surface area (Å²) in [6, 6.07) is 5.53. The van der Waals surface area contributed by atoms with E-state index in [0.29, 0.717) is 10.0 Å². The first-order valence-corrected chi connectivity index (χ1v) is 6.02. The maximum atomic E-state index is 5.92. The van der Waals surface area contributed by atoms with E-state index in [0.717, 1.165) is 17.7 Å². The van der Waals surface area contributed by atoms with Crippen molar-refractivity contribution in [3.63, 3.8) is 0 Å². The number of nitrogens with one attached hydrogen (secondary N) is 1. The van der Waals surface area contributed by atoms with E-state index in [2.05, 4.69) is 26.1 Å². The van der Waals surface area contributed by atoms with Crippen LogP contribution in [0.3, 0.4) is 0 Å². The molecule has 0 heterocycles. The second-order valence-corrected chi connectivity index (χ2v) is 5.29. The molecule has 0 amide bonds. The van der Waals surface area contributed by atoms with E-state index in [1.807, 2.05) is 12.1 Å². The molecule has 0 aliphatic carbocycles. The largest absolute Gasteiger partial charge is 0.389 e. The third kappa shape index (κ3) is 3.35. The van der Waals surface area contributed by atoms with Crippen molar-refractivity contribution in [2.75, 3.05) is 5.32 Å². The van der Waals surface area contributed by atoms with Crippen LogP contribution in [0, 0.1) is 0 Å². The predicted octanol–water partition coefficient (Wildman–Crippen LogP) is 3.57. The summed E-state index contributed by atoms with van der Waals surface area (Å²) in [6.45, 7) is 6.39. The van der Waals surface area contributed by atoms with Gasteiger partial charge in [-0.1, -0.05) is 30.7 Å². The third-order valence-corrected chi connectivity index (χ3v) is 3.06. The van der Waals surface area contributed by atoms with Crippen LogP contribution in [-0.2, 0) is 0 Å². The van der Waals surface area contributed by atoms with E-state index >= 15 is 0 Å². The minimum Gasteiger partial charge on any atom is -0.389 e. The molecule has 88 valence electrons. The predicted molar refractivity (Wildman–Crippen MR) is 75.3 cm³/mol. The molecule has 0 aliphatic heterocycles. The molecule has 4 heteroatoms. The van der Waals surface area contributed by atoms with Gasteiger partial charge in [0.2, 0.25) is 0 Å². The Bertz CT molecular complexity index is 402. The van der Waals surface area contributed by atoms with Crippen LogP contribution in [-0.4, -0.2) is 10.5 Å². The molecular weight excluding hydrogens is 240 g/mol. The average Bonchev–Trinajstić information content (AvgIpc) is 2.20. The molecule has 0 saturated heterocycles. The van der Waals surface area contributed by atoms with Gasteiger partial charge in [-0.25, -0.2) is 0 Å². The highest BCUT2D eigenvalue weighted by Gasteiger charge is 2.16. The van der Waals surface area contributed by atoms with Gasteiger partial charge in [-0.2, -0.15) is 0 Å². The molecule has 0 atom stereocenters. The number of hydrogen-bond donors (Lipinski definition) is 2. The molecule has 0 unspecified atom stereocenters. The Kier molecular flexibility index (Phi) is 4.16. The van der Waals surface area contributed by atoms with Crippen molar-refractivity contribution in [2.45, 2.75) is 32.7 Å². The molecule has 1 aromatic rings. The molecular formula is C12H17ClN2S. The van der Waals surface area contributed by atoms with Crippen LogP contribution in [0.1, 0.15) is 32.8 Å². The second kappa shape index (κ2) is 5.02. The highest BCUT2D eigenvalue weighted by atomic mass is 35.5. The number of benzene rings is 1. The Morgan fingerprint density at radius 3 is 2.62 bits per heavy atom. The van der Waals surface area contributed by atoms with Crippen LogP contribution < -0.4 is 11.1 Å². The molecule has 0 spiro atoms. The Hall–Kier alpha value is -0.800. The maximum Gasteiger partial charge on any atom is 0.106 e. The van der Waals surface area contributed by atoms with Gasteiger partial charge in [0.15, 0.2) is 0 Å². The Labute approximate surface area is 107 Å². The lowest BCUT2D eigenvalue weighted by Crippen LogP contribution is -2.31. The number of hydrogen-bond acceptors (Lipinski definition) is 2. The molecule has 0 fully saturated rings. The van der Waals surface area contributed by atoms with E-state index in [-0.39, 0.29) is 5.54 Å². The SMILES string of the molecule is CCC(C)(C)Nc1ccc(Cl)cc1C(N)=S. The number of thiocarbonyl (C=S) groups is 1. The summed E-state index contributed by atoms with van der Waals surface area (Å²) in [7, 11) is 0. The Morgan fingerprint density at radius 2 is 2.12 bits per heavy atom. The fraction of sp³-hybridized carbons (Fsp3) is 0.417. The Balaban J connectivity index is 3.09. The molecule has 0 aliphatic rings. The summed E-state index contributed by atoms with van der Waals surface area (Å²) in [4.78, 5) is 0.358. The molecule has 0 bridgehead atoms. The molecule has 1 aromatic carbocycles. The van der Waals surface area contributed by atoms with Gasteiger partial charge in [0.1, 0.15) is 4.99 Å². The first-order valence-electron chi connectivity index (χ1n) is 5.23. The highest BCUT2D eigenvalue weighted by Crippen LogP contribution is 2.24. The molecule has 1 rings (SSSR count). The van der Waals surface area contributed by atoms with Gasteiger partial charge in [0, 0.05) is 21.8 Å². The van der Waals surface area contributed by atoms with Crippen LogP contribution >= 0.6 is 23.8 Å². The lowest BCUT2D eigenvalue weighted by Gasteiger charge is -2.27. The summed E-state index contributed by atoms with van der Waals surface area (Å²) < 4.78 is 0. The monoisotopic (exact) mass is 256 g/mol. The minimum atomic E-state index is 0.00730. The fourth-order valence-corrected chi connectivity index (χ4v) is 1.62. The maximum absolute atomic E-state index is 5.92. The topological polar surface area (TPSA) is 38.0 Å². The van der Waals surface area contributed by atoms with Crippen molar-refractivity contribution in [1.29, 1.82) is 0 Å². The van der Waals surface area contributed by atoms with Crippen LogP contribution in [0.25, 0.3) is 0 Å². The smallest absolute Gasteiger partial charge is 0.106 e. The molecule has 3 N–H and O–H groups in total. The minimum absolute atomic E-state index is 0.00730. The number of halogens is 1. The number of nitrogens with two attached hydrogens (primary N) is 1. The lowest BCUT2D eigenvalue weighted by molar-refractivity contribution is 0.547. The van der Waals surface area contributed by atoms with Crippen LogP contribution in [0.15, 0.2) is 18.2 Å². The molecule has 2 nitrogen and oxygen atoms in total. The summed E-state index contributed by atoms with van der Waals surface area (Å²) in [5.74, 6) is 0. The number of anilines is 1. The van der Waals surface area contributed by atoms with Gasteiger partial charge < -0.3 is 11.1 Å². The normalized spacial score (nSPS) is 11.2. The quantitative estimate of drug-likeness (QED) is 0.809. The van der Waals surface area contributed by atoms with Gasteiger partial charge in [0.05, 0.1) is 0 Å². The van der Waals surface area contributed by atoms with E-state index in [1.165, 1.54) is 0 Å². The van der Waals surface area contributed by atoms with Crippen molar-refractivity contribution >= 4 is 34.5 Å². The first-order chi connectivity index (χ1) is 7.35. The van der Waals surface area contributed by atoms with Crippen molar-refractivity contribution in [3.8, 4) is 0 Å². The molecule has 16 heavy (non-hydrogen) atoms. The summed E-state index contributed by atoms with van der Waals surface area (Å²) in [6.07, 6.45) is 1.01. The van der Waals surface area contributed by atoms with Crippen LogP contribution in [0.4, 0.5) is 5.69 Å². The van der Waals surface area contributed by atoms with Crippen molar-refractivity contribution in [2.24, 2.45) is 5.73 Å². The zero-order valence-corrected chi connectivity index (χ0v) is 11.4. The van der Waals surface area contributed by atoms with Crippen molar-refractivity contribution < 1.29 is 0 Å². The third-order valence-electron chi connectivity index (χ3n) is 2.60. The van der Waals surface area contributed by atoms with Gasteiger partial charge in [-0.3, -0.25) is 0 Å². The van der Waals surface area contributed by atoms with E-state index in [9.17, 15) is 0 Å². The summed E-state index contributed by atoms with van der Waals surface area (Å²) >= 11 is 10.9. The van der Waals surface area contributed by atoms with Gasteiger partial charge in [-0.05, 0) is 38.5 Å². The molecule has 0 aromatic heterocycles. The van der Waals surface area contributed by atoms with Crippen LogP contribution in [0.2, 0.25) is 5.02 Å². The van der Waals surface area contributed by atoms with E-state index < -0.39 is 0 Å². The summed E-state index contributed by atoms with van der Waals surface area (Å²) in [5, 5.41) is 4.06. The zero-order chi connectivity index (χ0) is 12.3. The average molecular weight is 257 g/mol.